The van der Waals surface area contributed by atoms with Crippen molar-refractivity contribution in [3.05, 3.63) is 16.1 Å². The Labute approximate surface area is 149 Å². The average molecular weight is 354 g/mol. The summed E-state index contributed by atoms with van der Waals surface area (Å²) in [5, 5.41) is 12.3. The van der Waals surface area contributed by atoms with Crippen LogP contribution in [-0.2, 0) is 16.8 Å². The van der Waals surface area contributed by atoms with Crippen molar-refractivity contribution in [3.8, 4) is 0 Å². The number of hydrogen-bond donors (Lipinski definition) is 3. The van der Waals surface area contributed by atoms with E-state index in [4.69, 9.17) is 0 Å². The number of nitrogens with zero attached hydrogens (tertiary/aromatic N) is 2. The summed E-state index contributed by atoms with van der Waals surface area (Å²) in [4.78, 5) is 21.0. The first-order valence-electron chi connectivity index (χ1n) is 8.29. The Kier molecular flexibility index (Phi) is 7.20. The van der Waals surface area contributed by atoms with E-state index in [1.807, 2.05) is 33.1 Å². The van der Waals surface area contributed by atoms with Crippen LogP contribution in [0.1, 0.15) is 59.2 Å². The van der Waals surface area contributed by atoms with Gasteiger partial charge in [0.25, 0.3) is 0 Å². The average Bonchev–Trinajstić information content (AvgIpc) is 2.89. The van der Waals surface area contributed by atoms with Crippen LogP contribution >= 0.6 is 11.3 Å². The van der Waals surface area contributed by atoms with Crippen molar-refractivity contribution >= 4 is 23.2 Å². The maximum atomic E-state index is 11.9. The molecule has 1 rings (SSSR count). The molecule has 0 aliphatic heterocycles. The van der Waals surface area contributed by atoms with Gasteiger partial charge < -0.3 is 16.0 Å². The van der Waals surface area contributed by atoms with Gasteiger partial charge in [0, 0.05) is 22.9 Å². The van der Waals surface area contributed by atoms with Gasteiger partial charge in [-0.15, -0.1) is 11.3 Å². The lowest BCUT2D eigenvalue weighted by molar-refractivity contribution is -0.121. The number of thiazole rings is 1. The summed E-state index contributed by atoms with van der Waals surface area (Å²) < 4.78 is 0. The molecule has 1 aromatic rings. The summed E-state index contributed by atoms with van der Waals surface area (Å²) in [6.45, 7) is 15.7. The Balaban J connectivity index is 2.62. The van der Waals surface area contributed by atoms with E-state index in [0.717, 1.165) is 17.2 Å². The number of carbonyl (C=O) groups excluding carboxylic acids is 1. The third-order valence-corrected chi connectivity index (χ3v) is 4.18. The highest BCUT2D eigenvalue weighted by Gasteiger charge is 2.18. The van der Waals surface area contributed by atoms with Gasteiger partial charge in [-0.2, -0.15) is 0 Å². The van der Waals surface area contributed by atoms with Crippen molar-refractivity contribution in [2.45, 2.75) is 66.0 Å². The Morgan fingerprint density at radius 3 is 2.38 bits per heavy atom. The van der Waals surface area contributed by atoms with E-state index in [1.165, 1.54) is 0 Å². The van der Waals surface area contributed by atoms with Crippen LogP contribution < -0.4 is 16.0 Å². The predicted molar refractivity (Wildman–Crippen MR) is 102 cm³/mol. The number of carbonyl (C=O) groups is 1. The molecule has 1 aromatic heterocycles. The SMILES string of the molecule is CCNC(=NCc1csc(C(C)(C)C)n1)NCC(=O)NC(C)(C)C. The summed E-state index contributed by atoms with van der Waals surface area (Å²) in [7, 11) is 0. The third-order valence-electron chi connectivity index (χ3n) is 2.87. The number of amides is 1. The van der Waals surface area contributed by atoms with Gasteiger partial charge in [-0.05, 0) is 27.7 Å². The molecule has 0 aliphatic carbocycles. The standard InChI is InChI=1S/C17H31N5OS/c1-8-18-15(20-10-13(23)22-17(5,6)7)19-9-12-11-24-14(21-12)16(2,3)4/h11H,8-10H2,1-7H3,(H,22,23)(H2,18,19,20). The Hall–Kier alpha value is -1.63. The first-order valence-corrected chi connectivity index (χ1v) is 9.17. The van der Waals surface area contributed by atoms with Gasteiger partial charge in [-0.1, -0.05) is 20.8 Å². The van der Waals surface area contributed by atoms with E-state index < -0.39 is 0 Å². The lowest BCUT2D eigenvalue weighted by Crippen LogP contribution is -2.48. The molecule has 1 heterocycles. The second-order valence-corrected chi connectivity index (χ2v) is 8.60. The van der Waals surface area contributed by atoms with E-state index in [9.17, 15) is 4.79 Å². The molecule has 24 heavy (non-hydrogen) atoms. The minimum atomic E-state index is -0.238. The van der Waals surface area contributed by atoms with Crippen LogP contribution in [0.15, 0.2) is 10.4 Å². The van der Waals surface area contributed by atoms with Crippen LogP contribution in [0.5, 0.6) is 0 Å². The maximum Gasteiger partial charge on any atom is 0.239 e. The normalized spacial score (nSPS) is 12.9. The van der Waals surface area contributed by atoms with Crippen LogP contribution in [0.3, 0.4) is 0 Å². The largest absolute Gasteiger partial charge is 0.357 e. The molecule has 0 fully saturated rings. The summed E-state index contributed by atoms with van der Waals surface area (Å²) >= 11 is 1.66. The first-order chi connectivity index (χ1) is 11.0. The van der Waals surface area contributed by atoms with Crippen LogP contribution in [-0.4, -0.2) is 35.5 Å². The van der Waals surface area contributed by atoms with Crippen molar-refractivity contribution in [1.82, 2.24) is 20.9 Å². The fraction of sp³-hybridized carbons (Fsp3) is 0.706. The number of rotatable bonds is 5. The van der Waals surface area contributed by atoms with E-state index in [2.05, 4.69) is 46.7 Å². The molecule has 1 amide bonds. The van der Waals surface area contributed by atoms with Gasteiger partial charge in [0.1, 0.15) is 0 Å². The number of guanidine groups is 1. The zero-order valence-corrected chi connectivity index (χ0v) is 16.7. The van der Waals surface area contributed by atoms with Crippen molar-refractivity contribution < 1.29 is 4.79 Å². The molecule has 0 saturated carbocycles. The Morgan fingerprint density at radius 1 is 1.21 bits per heavy atom. The molecule has 0 aromatic carbocycles. The summed E-state index contributed by atoms with van der Waals surface area (Å²) in [5.74, 6) is 0.559. The maximum absolute atomic E-state index is 11.9. The minimum Gasteiger partial charge on any atom is -0.357 e. The fourth-order valence-corrected chi connectivity index (χ4v) is 2.75. The van der Waals surface area contributed by atoms with Crippen molar-refractivity contribution in [2.75, 3.05) is 13.1 Å². The molecule has 0 aliphatic rings. The summed E-state index contributed by atoms with van der Waals surface area (Å²) in [6, 6.07) is 0. The molecule has 0 unspecified atom stereocenters. The molecule has 136 valence electrons. The molecule has 0 radical (unpaired) electrons. The first kappa shape index (κ1) is 20.4. The molecule has 3 N–H and O–H groups in total. The van der Waals surface area contributed by atoms with E-state index in [1.54, 1.807) is 11.3 Å². The molecule has 0 saturated heterocycles. The molecular weight excluding hydrogens is 322 g/mol. The molecule has 7 heteroatoms. The topological polar surface area (TPSA) is 78.4 Å². The lowest BCUT2D eigenvalue weighted by Gasteiger charge is -2.21. The molecule has 0 spiro atoms. The summed E-state index contributed by atoms with van der Waals surface area (Å²) in [5.41, 5.74) is 0.764. The van der Waals surface area contributed by atoms with Crippen molar-refractivity contribution in [1.29, 1.82) is 0 Å². The van der Waals surface area contributed by atoms with Crippen molar-refractivity contribution in [3.63, 3.8) is 0 Å². The number of aromatic nitrogens is 1. The number of aliphatic imine (C=N–C) groups is 1. The van der Waals surface area contributed by atoms with E-state index in [-0.39, 0.29) is 23.4 Å². The third kappa shape index (κ3) is 7.77. The second-order valence-electron chi connectivity index (χ2n) is 7.74. The molecule has 0 bridgehead atoms. The van der Waals surface area contributed by atoms with E-state index in [0.29, 0.717) is 12.5 Å². The zero-order valence-electron chi connectivity index (χ0n) is 15.9. The quantitative estimate of drug-likeness (QED) is 0.561. The van der Waals surface area contributed by atoms with Gasteiger partial charge >= 0.3 is 0 Å². The number of nitrogens with one attached hydrogen (secondary N) is 3. The van der Waals surface area contributed by atoms with Crippen molar-refractivity contribution in [2.24, 2.45) is 4.99 Å². The van der Waals surface area contributed by atoms with Gasteiger partial charge in [0.05, 0.1) is 23.8 Å². The second kappa shape index (κ2) is 8.46. The Bertz CT molecular complexity index is 566. The van der Waals surface area contributed by atoms with Gasteiger partial charge in [-0.25, -0.2) is 9.98 Å². The fourth-order valence-electron chi connectivity index (χ4n) is 1.85. The van der Waals surface area contributed by atoms with E-state index >= 15 is 0 Å². The predicted octanol–water partition coefficient (Wildman–Crippen LogP) is 2.41. The van der Waals surface area contributed by atoms with Crippen LogP contribution in [0.25, 0.3) is 0 Å². The Morgan fingerprint density at radius 2 is 1.88 bits per heavy atom. The number of hydrogen-bond acceptors (Lipinski definition) is 4. The highest BCUT2D eigenvalue weighted by atomic mass is 32.1. The van der Waals surface area contributed by atoms with Crippen LogP contribution in [0.4, 0.5) is 0 Å². The van der Waals surface area contributed by atoms with Crippen LogP contribution in [0, 0.1) is 0 Å². The van der Waals surface area contributed by atoms with Crippen LogP contribution in [0.2, 0.25) is 0 Å². The van der Waals surface area contributed by atoms with Gasteiger partial charge in [0.15, 0.2) is 5.96 Å². The highest BCUT2D eigenvalue weighted by Crippen LogP contribution is 2.25. The minimum absolute atomic E-state index is 0.0560. The van der Waals surface area contributed by atoms with Gasteiger partial charge in [0.2, 0.25) is 5.91 Å². The molecule has 6 nitrogen and oxygen atoms in total. The zero-order chi connectivity index (χ0) is 18.4. The summed E-state index contributed by atoms with van der Waals surface area (Å²) in [6.07, 6.45) is 0. The van der Waals surface area contributed by atoms with Gasteiger partial charge in [-0.3, -0.25) is 4.79 Å². The highest BCUT2D eigenvalue weighted by molar-refractivity contribution is 7.09. The smallest absolute Gasteiger partial charge is 0.239 e. The lowest BCUT2D eigenvalue weighted by atomic mass is 9.98. The monoisotopic (exact) mass is 353 g/mol. The molecular formula is C17H31N5OS. The molecule has 0 atom stereocenters.